The lowest BCUT2D eigenvalue weighted by Gasteiger charge is -2.03. The molecule has 1 N–H and O–H groups in total. The number of hydrogen-bond donors (Lipinski definition) is 1. The number of nitrogens with one attached hydrogen (secondary N) is 1. The Kier molecular flexibility index (Phi) is 30.4. The van der Waals surface area contributed by atoms with E-state index in [0.717, 1.165) is 6.54 Å². The van der Waals surface area contributed by atoms with Gasteiger partial charge in [0.25, 0.3) is 0 Å². The maximum absolute atomic E-state index is 8.00. The second-order valence-electron chi connectivity index (χ2n) is 2.58. The van der Waals surface area contributed by atoms with E-state index >= 15 is 0 Å². The van der Waals surface area contributed by atoms with Crippen molar-refractivity contribution in [1.29, 1.82) is 0 Å². The van der Waals surface area contributed by atoms with E-state index in [0.29, 0.717) is 13.3 Å². The van der Waals surface area contributed by atoms with Crippen LogP contribution in [0.15, 0.2) is 30.3 Å². The number of carbonyl (C=O) groups excluding carboxylic acids is 1. The first kappa shape index (κ1) is 22.0. The summed E-state index contributed by atoms with van der Waals surface area (Å²) in [7, 11) is 0. The maximum atomic E-state index is 8.00. The van der Waals surface area contributed by atoms with Crippen molar-refractivity contribution in [3.8, 4) is 0 Å². The van der Waals surface area contributed by atoms with Crippen LogP contribution in [0.3, 0.4) is 0 Å². The fourth-order valence-corrected chi connectivity index (χ4v) is 0.917. The molecule has 3 nitrogen and oxygen atoms in total. The molecule has 18 heavy (non-hydrogen) atoms. The van der Waals surface area contributed by atoms with Gasteiger partial charge in [-0.25, -0.2) is 0 Å². The molecule has 0 saturated heterocycles. The molecule has 1 aromatic carbocycles. The number of carbonyl (C=O) groups is 1. The molecule has 0 fully saturated rings. The molecule has 0 radical (unpaired) electrons. The second kappa shape index (κ2) is 24.9. The van der Waals surface area contributed by atoms with Crippen LogP contribution in [0, 0.1) is 0 Å². The molecular weight excluding hydrogens is 226 g/mol. The summed E-state index contributed by atoms with van der Waals surface area (Å²) in [6.07, 6.45) is 0. The molecule has 1 rings (SSSR count). The van der Waals surface area contributed by atoms with Crippen LogP contribution in [0.2, 0.25) is 0 Å². The third-order valence-corrected chi connectivity index (χ3v) is 1.57. The van der Waals surface area contributed by atoms with Crippen molar-refractivity contribution in [3.63, 3.8) is 0 Å². The Balaban J connectivity index is -0.000000328. The van der Waals surface area contributed by atoms with E-state index in [2.05, 4.69) is 24.4 Å². The summed E-state index contributed by atoms with van der Waals surface area (Å²) in [6, 6.07) is 10.2. The average Bonchev–Trinajstić information content (AvgIpc) is 2.51. The normalized spacial score (nSPS) is 7.61. The molecule has 0 atom stereocenters. The SMILES string of the molecule is C=O.CC.CC.CCNCOCc1ccccc1. The highest BCUT2D eigenvalue weighted by atomic mass is 16.5. The molecule has 0 bridgehead atoms. The minimum Gasteiger partial charge on any atom is -0.362 e. The first-order valence-corrected chi connectivity index (χ1v) is 6.54. The predicted molar refractivity (Wildman–Crippen MR) is 79.6 cm³/mol. The van der Waals surface area contributed by atoms with Crippen molar-refractivity contribution in [1.82, 2.24) is 5.32 Å². The monoisotopic (exact) mass is 255 g/mol. The molecule has 0 aliphatic carbocycles. The molecule has 0 aromatic heterocycles. The van der Waals surface area contributed by atoms with Gasteiger partial charge in [0.05, 0.1) is 13.3 Å². The largest absolute Gasteiger partial charge is 0.362 e. The zero-order valence-corrected chi connectivity index (χ0v) is 12.5. The molecular formula is C15H29NO2. The Morgan fingerprint density at radius 1 is 1.06 bits per heavy atom. The first-order valence-electron chi connectivity index (χ1n) is 6.54. The van der Waals surface area contributed by atoms with Crippen LogP contribution in [0.5, 0.6) is 0 Å². The highest BCUT2D eigenvalue weighted by Gasteiger charge is 1.89. The zero-order chi connectivity index (χ0) is 14.6. The lowest BCUT2D eigenvalue weighted by atomic mass is 10.2. The predicted octanol–water partition coefficient (Wildman–Crippen LogP) is 3.64. The van der Waals surface area contributed by atoms with Gasteiger partial charge in [-0.2, -0.15) is 0 Å². The van der Waals surface area contributed by atoms with Gasteiger partial charge >= 0.3 is 0 Å². The lowest BCUT2D eigenvalue weighted by Crippen LogP contribution is -2.16. The van der Waals surface area contributed by atoms with Crippen molar-refractivity contribution in [2.45, 2.75) is 41.2 Å². The van der Waals surface area contributed by atoms with Gasteiger partial charge in [-0.05, 0) is 12.1 Å². The molecule has 106 valence electrons. The number of benzene rings is 1. The van der Waals surface area contributed by atoms with E-state index in [1.54, 1.807) is 0 Å². The minimum absolute atomic E-state index is 0.630. The van der Waals surface area contributed by atoms with Gasteiger partial charge in [-0.1, -0.05) is 65.0 Å². The Morgan fingerprint density at radius 3 is 2.00 bits per heavy atom. The summed E-state index contributed by atoms with van der Waals surface area (Å²) in [5.41, 5.74) is 1.22. The molecule has 0 aliphatic rings. The van der Waals surface area contributed by atoms with Crippen molar-refractivity contribution in [2.24, 2.45) is 0 Å². The van der Waals surface area contributed by atoms with E-state index in [9.17, 15) is 0 Å². The van der Waals surface area contributed by atoms with E-state index in [-0.39, 0.29) is 0 Å². The van der Waals surface area contributed by atoms with Gasteiger partial charge in [-0.15, -0.1) is 0 Å². The molecule has 0 heterocycles. The number of ether oxygens (including phenoxy) is 1. The van der Waals surface area contributed by atoms with Crippen molar-refractivity contribution in [2.75, 3.05) is 13.3 Å². The average molecular weight is 255 g/mol. The Labute approximate surface area is 113 Å². The molecule has 3 heteroatoms. The topological polar surface area (TPSA) is 38.3 Å². The smallest absolute Gasteiger partial charge is 0.106 e. The van der Waals surface area contributed by atoms with Crippen LogP contribution in [0.1, 0.15) is 40.2 Å². The quantitative estimate of drug-likeness (QED) is 0.645. The van der Waals surface area contributed by atoms with E-state index in [1.165, 1.54) is 5.56 Å². The highest BCUT2D eigenvalue weighted by molar-refractivity contribution is 5.13. The zero-order valence-electron chi connectivity index (χ0n) is 12.5. The number of rotatable bonds is 5. The molecule has 0 unspecified atom stereocenters. The van der Waals surface area contributed by atoms with Gasteiger partial charge in [0.1, 0.15) is 6.79 Å². The Bertz CT molecular complexity index is 215. The second-order valence-corrected chi connectivity index (χ2v) is 2.58. The van der Waals surface area contributed by atoms with Crippen molar-refractivity contribution in [3.05, 3.63) is 35.9 Å². The first-order chi connectivity index (χ1) is 8.93. The Hall–Kier alpha value is -1.19. The fourth-order valence-electron chi connectivity index (χ4n) is 0.917. The standard InChI is InChI=1S/C10H15NO.2C2H6.CH2O/c1-2-11-9-12-8-10-6-4-3-5-7-10;3*1-2/h3-7,11H,2,8-9H2,1H3;2*1-2H3;1H2. The maximum Gasteiger partial charge on any atom is 0.106 e. The summed E-state index contributed by atoms with van der Waals surface area (Å²) < 4.78 is 5.35. The van der Waals surface area contributed by atoms with Crippen molar-refractivity contribution >= 4 is 6.79 Å². The summed E-state index contributed by atoms with van der Waals surface area (Å²) in [5.74, 6) is 0. The molecule has 0 spiro atoms. The van der Waals surface area contributed by atoms with Crippen LogP contribution in [-0.2, 0) is 16.1 Å². The minimum atomic E-state index is 0.630. The number of hydrogen-bond acceptors (Lipinski definition) is 3. The van der Waals surface area contributed by atoms with Crippen LogP contribution in [0.25, 0.3) is 0 Å². The summed E-state index contributed by atoms with van der Waals surface area (Å²) in [4.78, 5) is 8.00. The van der Waals surface area contributed by atoms with E-state index < -0.39 is 0 Å². The lowest BCUT2D eigenvalue weighted by molar-refractivity contribution is -0.0979. The summed E-state index contributed by atoms with van der Waals surface area (Å²) in [5, 5.41) is 3.10. The van der Waals surface area contributed by atoms with Crippen LogP contribution in [0.4, 0.5) is 0 Å². The fraction of sp³-hybridized carbons (Fsp3) is 0.533. The van der Waals surface area contributed by atoms with E-state index in [1.807, 2.05) is 52.7 Å². The molecule has 1 aromatic rings. The summed E-state index contributed by atoms with van der Waals surface area (Å²) in [6.45, 7) is 14.3. The van der Waals surface area contributed by atoms with E-state index in [4.69, 9.17) is 9.53 Å². The van der Waals surface area contributed by atoms with Crippen LogP contribution < -0.4 is 5.32 Å². The third-order valence-electron chi connectivity index (χ3n) is 1.57. The molecule has 0 amide bonds. The Morgan fingerprint density at radius 2 is 1.56 bits per heavy atom. The van der Waals surface area contributed by atoms with Gasteiger partial charge < -0.3 is 9.53 Å². The third kappa shape index (κ3) is 17.2. The molecule has 0 saturated carbocycles. The summed E-state index contributed by atoms with van der Waals surface area (Å²) >= 11 is 0. The van der Waals surface area contributed by atoms with Gasteiger partial charge in [0.15, 0.2) is 0 Å². The van der Waals surface area contributed by atoms with Crippen LogP contribution in [-0.4, -0.2) is 20.1 Å². The van der Waals surface area contributed by atoms with Gasteiger partial charge in [-0.3, -0.25) is 5.32 Å². The van der Waals surface area contributed by atoms with Crippen molar-refractivity contribution < 1.29 is 9.53 Å². The van der Waals surface area contributed by atoms with Crippen LogP contribution >= 0.6 is 0 Å². The molecule has 0 aliphatic heterocycles. The highest BCUT2D eigenvalue weighted by Crippen LogP contribution is 1.99. The van der Waals surface area contributed by atoms with Gasteiger partial charge in [0.2, 0.25) is 0 Å². The van der Waals surface area contributed by atoms with Gasteiger partial charge in [0, 0.05) is 0 Å².